The van der Waals surface area contributed by atoms with E-state index >= 15 is 0 Å². The Labute approximate surface area is 102 Å². The van der Waals surface area contributed by atoms with Crippen LogP contribution in [0.15, 0.2) is 0 Å². The van der Waals surface area contributed by atoms with Crippen molar-refractivity contribution in [1.82, 2.24) is 16.0 Å². The molecule has 0 aromatic heterocycles. The highest BCUT2D eigenvalue weighted by molar-refractivity contribution is 5.96. The van der Waals surface area contributed by atoms with E-state index in [1.807, 2.05) is 6.92 Å². The van der Waals surface area contributed by atoms with Gasteiger partial charge >= 0.3 is 6.03 Å². The van der Waals surface area contributed by atoms with Gasteiger partial charge in [0.15, 0.2) is 0 Å². The molecule has 3 amide bonds. The summed E-state index contributed by atoms with van der Waals surface area (Å²) in [5.74, 6) is -0.0636. The molecular formula is C11H23N3O3. The summed E-state index contributed by atoms with van der Waals surface area (Å²) in [7, 11) is 1.46. The number of urea groups is 1. The summed E-state index contributed by atoms with van der Waals surface area (Å²) in [4.78, 5) is 22.3. The second kappa shape index (κ2) is 8.95. The van der Waals surface area contributed by atoms with E-state index in [1.165, 1.54) is 7.05 Å². The number of aliphatic hydroxyl groups excluding tert-OH is 1. The van der Waals surface area contributed by atoms with E-state index in [2.05, 4.69) is 16.0 Å². The topological polar surface area (TPSA) is 90.5 Å². The van der Waals surface area contributed by atoms with Crippen molar-refractivity contribution in [3.8, 4) is 0 Å². The molecule has 6 heteroatoms. The highest BCUT2D eigenvalue weighted by Gasteiger charge is 2.13. The second-order valence-electron chi connectivity index (χ2n) is 4.17. The molecular weight excluding hydrogens is 222 g/mol. The van der Waals surface area contributed by atoms with Crippen LogP contribution in [-0.4, -0.2) is 43.3 Å². The zero-order chi connectivity index (χ0) is 13.3. The maximum atomic E-state index is 11.4. The summed E-state index contributed by atoms with van der Waals surface area (Å²) in [5, 5.41) is 16.4. The molecule has 17 heavy (non-hydrogen) atoms. The lowest BCUT2D eigenvalue weighted by molar-refractivity contribution is -0.121. The number of aliphatic hydroxyl groups is 1. The Morgan fingerprint density at radius 2 is 1.94 bits per heavy atom. The molecule has 0 aliphatic rings. The van der Waals surface area contributed by atoms with Gasteiger partial charge in [0.05, 0.1) is 6.04 Å². The Morgan fingerprint density at radius 3 is 2.47 bits per heavy atom. The monoisotopic (exact) mass is 245 g/mol. The first-order chi connectivity index (χ1) is 8.01. The maximum absolute atomic E-state index is 11.4. The van der Waals surface area contributed by atoms with Crippen molar-refractivity contribution >= 4 is 11.9 Å². The molecule has 0 aromatic carbocycles. The van der Waals surface area contributed by atoms with Crippen molar-refractivity contribution in [3.63, 3.8) is 0 Å². The smallest absolute Gasteiger partial charge is 0.321 e. The number of hydrogen-bond acceptors (Lipinski definition) is 4. The van der Waals surface area contributed by atoms with E-state index in [-0.39, 0.29) is 18.4 Å². The van der Waals surface area contributed by atoms with Gasteiger partial charge in [0.2, 0.25) is 5.91 Å². The Balaban J connectivity index is 3.67. The number of hydrogen-bond donors (Lipinski definition) is 4. The van der Waals surface area contributed by atoms with Crippen LogP contribution >= 0.6 is 0 Å². The molecule has 100 valence electrons. The Bertz CT molecular complexity index is 246. The number of carbonyl (C=O) groups is 2. The molecule has 0 aromatic rings. The summed E-state index contributed by atoms with van der Waals surface area (Å²) >= 11 is 0. The fourth-order valence-corrected chi connectivity index (χ4v) is 1.24. The number of rotatable bonds is 7. The van der Waals surface area contributed by atoms with Crippen LogP contribution in [0.3, 0.4) is 0 Å². The van der Waals surface area contributed by atoms with Gasteiger partial charge in [0, 0.05) is 13.7 Å². The molecule has 0 radical (unpaired) electrons. The summed E-state index contributed by atoms with van der Waals surface area (Å²) in [6, 6.07) is -0.908. The molecule has 0 fully saturated rings. The molecule has 4 N–H and O–H groups in total. The first-order valence-electron chi connectivity index (χ1n) is 5.88. The van der Waals surface area contributed by atoms with Crippen molar-refractivity contribution in [2.45, 2.75) is 32.7 Å². The zero-order valence-electron chi connectivity index (χ0n) is 10.7. The van der Waals surface area contributed by atoms with Crippen molar-refractivity contribution in [2.75, 3.05) is 20.2 Å². The van der Waals surface area contributed by atoms with Gasteiger partial charge in [0.1, 0.15) is 0 Å². The van der Waals surface area contributed by atoms with E-state index in [9.17, 15) is 9.59 Å². The minimum atomic E-state index is -0.502. The van der Waals surface area contributed by atoms with Crippen molar-refractivity contribution in [2.24, 2.45) is 5.92 Å². The lowest BCUT2D eigenvalue weighted by Crippen LogP contribution is -2.47. The van der Waals surface area contributed by atoms with E-state index in [4.69, 9.17) is 5.11 Å². The van der Waals surface area contributed by atoms with Gasteiger partial charge in [-0.15, -0.1) is 0 Å². The predicted molar refractivity (Wildman–Crippen MR) is 65.5 cm³/mol. The first kappa shape index (κ1) is 15.9. The molecule has 0 aliphatic carbocycles. The lowest BCUT2D eigenvalue weighted by atomic mass is 10.1. The Morgan fingerprint density at radius 1 is 1.29 bits per heavy atom. The summed E-state index contributed by atoms with van der Waals surface area (Å²) in [6.07, 6.45) is 1.80. The predicted octanol–water partition coefficient (Wildman–Crippen LogP) is -0.171. The van der Waals surface area contributed by atoms with Crippen molar-refractivity contribution in [1.29, 1.82) is 0 Å². The summed E-state index contributed by atoms with van der Waals surface area (Å²) in [5.41, 5.74) is 0. The van der Waals surface area contributed by atoms with Gasteiger partial charge < -0.3 is 15.7 Å². The fourth-order valence-electron chi connectivity index (χ4n) is 1.24. The molecule has 2 unspecified atom stereocenters. The average Bonchev–Trinajstić information content (AvgIpc) is 2.33. The highest BCUT2D eigenvalue weighted by atomic mass is 16.3. The molecule has 0 saturated carbocycles. The normalized spacial score (nSPS) is 13.9. The molecule has 0 saturated heterocycles. The van der Waals surface area contributed by atoms with Crippen LogP contribution in [0.25, 0.3) is 0 Å². The van der Waals surface area contributed by atoms with Crippen LogP contribution in [0, 0.1) is 5.92 Å². The number of amides is 3. The van der Waals surface area contributed by atoms with Gasteiger partial charge in [-0.05, 0) is 32.2 Å². The second-order valence-corrected chi connectivity index (χ2v) is 4.17. The molecule has 0 heterocycles. The number of imide groups is 1. The number of carbonyl (C=O) groups excluding carboxylic acids is 2. The Hall–Kier alpha value is -1.14. The molecule has 0 bridgehead atoms. The van der Waals surface area contributed by atoms with E-state index < -0.39 is 12.1 Å². The molecule has 0 rings (SSSR count). The number of nitrogens with one attached hydrogen (secondary N) is 3. The molecule has 0 spiro atoms. The van der Waals surface area contributed by atoms with Crippen LogP contribution in [0.5, 0.6) is 0 Å². The van der Waals surface area contributed by atoms with Gasteiger partial charge in [-0.2, -0.15) is 0 Å². The van der Waals surface area contributed by atoms with Crippen LogP contribution in [0.4, 0.5) is 4.79 Å². The Kier molecular flexibility index (Phi) is 8.35. The van der Waals surface area contributed by atoms with E-state index in [0.717, 1.165) is 12.8 Å². The van der Waals surface area contributed by atoms with Crippen LogP contribution in [-0.2, 0) is 4.79 Å². The third-order valence-electron chi connectivity index (χ3n) is 2.49. The fraction of sp³-hybridized carbons (Fsp3) is 0.818. The quantitative estimate of drug-likeness (QED) is 0.469. The third kappa shape index (κ3) is 7.70. The minimum absolute atomic E-state index is 0.187. The summed E-state index contributed by atoms with van der Waals surface area (Å²) < 4.78 is 0. The van der Waals surface area contributed by atoms with E-state index in [1.54, 1.807) is 6.92 Å². The average molecular weight is 245 g/mol. The van der Waals surface area contributed by atoms with Crippen LogP contribution in [0.1, 0.15) is 26.7 Å². The van der Waals surface area contributed by atoms with E-state index in [0.29, 0.717) is 6.54 Å². The van der Waals surface area contributed by atoms with Gasteiger partial charge in [-0.25, -0.2) is 4.79 Å². The first-order valence-corrected chi connectivity index (χ1v) is 5.88. The third-order valence-corrected chi connectivity index (χ3v) is 2.49. The van der Waals surface area contributed by atoms with Crippen molar-refractivity contribution in [3.05, 3.63) is 0 Å². The zero-order valence-corrected chi connectivity index (χ0v) is 10.7. The minimum Gasteiger partial charge on any atom is -0.396 e. The standard InChI is InChI=1S/C11H23N3O3/c1-8(7-15)5-4-6-13-9(2)10(16)14-11(17)12-3/h8-9,13,15H,4-7H2,1-3H3,(H2,12,14,16,17). The van der Waals surface area contributed by atoms with Crippen LogP contribution in [0.2, 0.25) is 0 Å². The molecule has 2 atom stereocenters. The lowest BCUT2D eigenvalue weighted by Gasteiger charge is -2.14. The highest BCUT2D eigenvalue weighted by Crippen LogP contribution is 2.02. The summed E-state index contributed by atoms with van der Waals surface area (Å²) in [6.45, 7) is 4.55. The largest absolute Gasteiger partial charge is 0.396 e. The van der Waals surface area contributed by atoms with Gasteiger partial charge in [-0.3, -0.25) is 10.1 Å². The SMILES string of the molecule is CNC(=O)NC(=O)C(C)NCCCC(C)CO. The maximum Gasteiger partial charge on any atom is 0.321 e. The molecule has 0 aliphatic heterocycles. The van der Waals surface area contributed by atoms with Crippen LogP contribution < -0.4 is 16.0 Å². The van der Waals surface area contributed by atoms with Gasteiger partial charge in [-0.1, -0.05) is 6.92 Å². The molecule has 6 nitrogen and oxygen atoms in total. The van der Waals surface area contributed by atoms with Gasteiger partial charge in [0.25, 0.3) is 0 Å². The van der Waals surface area contributed by atoms with Crippen molar-refractivity contribution < 1.29 is 14.7 Å².